The van der Waals surface area contributed by atoms with Crippen LogP contribution in [0.1, 0.15) is 29.8 Å². The fourth-order valence-corrected chi connectivity index (χ4v) is 1.96. The normalized spacial score (nSPS) is 26.6. The van der Waals surface area contributed by atoms with Crippen molar-refractivity contribution in [3.05, 3.63) is 29.1 Å². The number of aromatic nitrogens is 1. The molecule has 0 radical (unpaired) electrons. The lowest BCUT2D eigenvalue weighted by molar-refractivity contribution is 0.0147. The van der Waals surface area contributed by atoms with Gasteiger partial charge in [-0.25, -0.2) is 0 Å². The zero-order valence-corrected chi connectivity index (χ0v) is 9.58. The number of morpholine rings is 1. The average molecular weight is 206 g/mol. The van der Waals surface area contributed by atoms with E-state index in [1.807, 2.05) is 13.1 Å². The molecule has 1 aromatic rings. The first-order valence-corrected chi connectivity index (χ1v) is 5.45. The summed E-state index contributed by atoms with van der Waals surface area (Å²) < 4.78 is 5.64. The second-order valence-corrected chi connectivity index (χ2v) is 4.29. The SMILES string of the molecule is Cc1cc(C)c(C2COC(C)CN2)cn1. The lowest BCUT2D eigenvalue weighted by Gasteiger charge is -2.29. The molecule has 0 amide bonds. The standard InChI is InChI=1S/C12H18N2O/c1-8-4-9(2)13-6-11(8)12-7-15-10(3)5-14-12/h4,6,10,12,14H,5,7H2,1-3H3. The van der Waals surface area contributed by atoms with Gasteiger partial charge in [-0.3, -0.25) is 4.98 Å². The van der Waals surface area contributed by atoms with Gasteiger partial charge in [-0.1, -0.05) is 0 Å². The van der Waals surface area contributed by atoms with Crippen LogP contribution in [0.4, 0.5) is 0 Å². The first-order chi connectivity index (χ1) is 7.16. The van der Waals surface area contributed by atoms with Gasteiger partial charge in [0.2, 0.25) is 0 Å². The summed E-state index contributed by atoms with van der Waals surface area (Å²) in [4.78, 5) is 4.34. The van der Waals surface area contributed by atoms with Crippen molar-refractivity contribution in [1.82, 2.24) is 10.3 Å². The maximum Gasteiger partial charge on any atom is 0.0672 e. The van der Waals surface area contributed by atoms with E-state index in [1.165, 1.54) is 11.1 Å². The highest BCUT2D eigenvalue weighted by molar-refractivity contribution is 5.28. The number of ether oxygens (including phenoxy) is 1. The van der Waals surface area contributed by atoms with Crippen molar-refractivity contribution in [1.29, 1.82) is 0 Å². The fraction of sp³-hybridized carbons (Fsp3) is 0.583. The van der Waals surface area contributed by atoms with Crippen molar-refractivity contribution in [2.24, 2.45) is 0 Å². The number of rotatable bonds is 1. The number of nitrogens with zero attached hydrogens (tertiary/aromatic N) is 1. The molecule has 0 spiro atoms. The van der Waals surface area contributed by atoms with Gasteiger partial charge in [-0.15, -0.1) is 0 Å². The Hall–Kier alpha value is -0.930. The van der Waals surface area contributed by atoms with Gasteiger partial charge in [0.25, 0.3) is 0 Å². The predicted molar refractivity (Wildman–Crippen MR) is 59.9 cm³/mol. The zero-order valence-electron chi connectivity index (χ0n) is 9.58. The first kappa shape index (κ1) is 10.6. The Morgan fingerprint density at radius 2 is 2.27 bits per heavy atom. The molecule has 0 bridgehead atoms. The van der Waals surface area contributed by atoms with Crippen LogP contribution in [-0.4, -0.2) is 24.2 Å². The van der Waals surface area contributed by atoms with E-state index >= 15 is 0 Å². The summed E-state index contributed by atoms with van der Waals surface area (Å²) in [6.45, 7) is 7.89. The molecule has 1 aliphatic heterocycles. The fourth-order valence-electron chi connectivity index (χ4n) is 1.96. The Morgan fingerprint density at radius 1 is 1.47 bits per heavy atom. The molecular weight excluding hydrogens is 188 g/mol. The molecule has 1 N–H and O–H groups in total. The van der Waals surface area contributed by atoms with E-state index in [4.69, 9.17) is 4.74 Å². The Balaban J connectivity index is 2.15. The Morgan fingerprint density at radius 3 is 2.87 bits per heavy atom. The zero-order chi connectivity index (χ0) is 10.8. The minimum Gasteiger partial charge on any atom is -0.375 e. The molecule has 0 saturated carbocycles. The van der Waals surface area contributed by atoms with E-state index in [0.29, 0.717) is 12.1 Å². The molecule has 2 rings (SSSR count). The molecule has 3 heteroatoms. The lowest BCUT2D eigenvalue weighted by atomic mass is 10.0. The van der Waals surface area contributed by atoms with Crippen LogP contribution in [0.15, 0.2) is 12.3 Å². The van der Waals surface area contributed by atoms with E-state index in [2.05, 4.69) is 30.2 Å². The van der Waals surface area contributed by atoms with Crippen LogP contribution in [0.25, 0.3) is 0 Å². The maximum atomic E-state index is 5.64. The minimum atomic E-state index is 0.300. The smallest absolute Gasteiger partial charge is 0.0672 e. The van der Waals surface area contributed by atoms with Gasteiger partial charge >= 0.3 is 0 Å². The summed E-state index contributed by atoms with van der Waals surface area (Å²) >= 11 is 0. The summed E-state index contributed by atoms with van der Waals surface area (Å²) in [7, 11) is 0. The van der Waals surface area contributed by atoms with Gasteiger partial charge in [0.1, 0.15) is 0 Å². The lowest BCUT2D eigenvalue weighted by Crippen LogP contribution is -2.39. The van der Waals surface area contributed by atoms with Crippen LogP contribution in [0.3, 0.4) is 0 Å². The predicted octanol–water partition coefficient (Wildman–Crippen LogP) is 1.75. The molecule has 2 heterocycles. The molecule has 2 unspecified atom stereocenters. The van der Waals surface area contributed by atoms with Crippen LogP contribution >= 0.6 is 0 Å². The highest BCUT2D eigenvalue weighted by Crippen LogP contribution is 2.20. The number of pyridine rings is 1. The van der Waals surface area contributed by atoms with Gasteiger partial charge in [-0.05, 0) is 38.0 Å². The molecule has 1 aliphatic rings. The summed E-state index contributed by atoms with van der Waals surface area (Å²) in [6.07, 6.45) is 2.28. The molecule has 1 fully saturated rings. The van der Waals surface area contributed by atoms with Crippen molar-refractivity contribution in [3.63, 3.8) is 0 Å². The summed E-state index contributed by atoms with van der Waals surface area (Å²) in [5, 5.41) is 3.48. The molecule has 0 aliphatic carbocycles. The van der Waals surface area contributed by atoms with Gasteiger partial charge < -0.3 is 10.1 Å². The third kappa shape index (κ3) is 2.36. The van der Waals surface area contributed by atoms with Crippen LogP contribution in [0.2, 0.25) is 0 Å². The third-order valence-electron chi connectivity index (χ3n) is 2.86. The molecule has 1 saturated heterocycles. The third-order valence-corrected chi connectivity index (χ3v) is 2.86. The monoisotopic (exact) mass is 206 g/mol. The van der Waals surface area contributed by atoms with E-state index in [9.17, 15) is 0 Å². The second-order valence-electron chi connectivity index (χ2n) is 4.29. The van der Waals surface area contributed by atoms with Gasteiger partial charge in [-0.2, -0.15) is 0 Å². The number of aryl methyl sites for hydroxylation is 2. The van der Waals surface area contributed by atoms with Gasteiger partial charge in [0, 0.05) is 18.4 Å². The Bertz CT molecular complexity index is 343. The first-order valence-electron chi connectivity index (χ1n) is 5.45. The van der Waals surface area contributed by atoms with Crippen LogP contribution < -0.4 is 5.32 Å². The van der Waals surface area contributed by atoms with E-state index in [1.54, 1.807) is 0 Å². The number of nitrogens with one attached hydrogen (secondary N) is 1. The van der Waals surface area contributed by atoms with Crippen molar-refractivity contribution in [2.45, 2.75) is 32.9 Å². The van der Waals surface area contributed by atoms with Crippen LogP contribution in [0.5, 0.6) is 0 Å². The molecular formula is C12H18N2O. The molecule has 15 heavy (non-hydrogen) atoms. The Labute approximate surface area is 90.9 Å². The van der Waals surface area contributed by atoms with Gasteiger partial charge in [0.05, 0.1) is 18.8 Å². The maximum absolute atomic E-state index is 5.64. The molecule has 82 valence electrons. The number of hydrogen-bond donors (Lipinski definition) is 1. The number of hydrogen-bond acceptors (Lipinski definition) is 3. The average Bonchev–Trinajstić information content (AvgIpc) is 2.20. The Kier molecular flexibility index (Phi) is 3.03. The summed E-state index contributed by atoms with van der Waals surface area (Å²) in [6, 6.07) is 2.42. The van der Waals surface area contributed by atoms with E-state index < -0.39 is 0 Å². The highest BCUT2D eigenvalue weighted by Gasteiger charge is 2.20. The second kappa shape index (κ2) is 4.29. The van der Waals surface area contributed by atoms with Crippen molar-refractivity contribution in [2.75, 3.05) is 13.2 Å². The van der Waals surface area contributed by atoms with Crippen molar-refractivity contribution in [3.8, 4) is 0 Å². The van der Waals surface area contributed by atoms with E-state index in [-0.39, 0.29) is 0 Å². The topological polar surface area (TPSA) is 34.1 Å². The molecule has 0 aromatic carbocycles. The van der Waals surface area contributed by atoms with Crippen molar-refractivity contribution < 1.29 is 4.74 Å². The van der Waals surface area contributed by atoms with Crippen LogP contribution in [-0.2, 0) is 4.74 Å². The highest BCUT2D eigenvalue weighted by atomic mass is 16.5. The van der Waals surface area contributed by atoms with Crippen LogP contribution in [0, 0.1) is 13.8 Å². The van der Waals surface area contributed by atoms with Gasteiger partial charge in [0.15, 0.2) is 0 Å². The summed E-state index contributed by atoms with van der Waals surface area (Å²) in [5.74, 6) is 0. The van der Waals surface area contributed by atoms with E-state index in [0.717, 1.165) is 18.8 Å². The van der Waals surface area contributed by atoms with Crippen molar-refractivity contribution >= 4 is 0 Å². The molecule has 1 aromatic heterocycles. The largest absolute Gasteiger partial charge is 0.375 e. The minimum absolute atomic E-state index is 0.300. The summed E-state index contributed by atoms with van der Waals surface area (Å²) in [5.41, 5.74) is 3.62. The quantitative estimate of drug-likeness (QED) is 0.760. The molecule has 3 nitrogen and oxygen atoms in total. The molecule has 2 atom stereocenters.